The maximum atomic E-state index is 12.2. The minimum Gasteiger partial charge on any atom is -0.462 e. The van der Waals surface area contributed by atoms with E-state index in [9.17, 15) is 14.2 Å². The number of allylic oxidation sites excluding steroid dienone is 12. The third-order valence-corrected chi connectivity index (χ3v) is 6.32. The van der Waals surface area contributed by atoms with E-state index in [1.807, 2.05) is 54.7 Å². The normalized spacial score (nSPS) is 13.5. The molecule has 0 aliphatic heterocycles. The van der Waals surface area contributed by atoms with Crippen LogP contribution >= 0.6 is 7.82 Å². The zero-order valence-electron chi connectivity index (χ0n) is 25.6. The molecule has 9 heteroatoms. The van der Waals surface area contributed by atoms with E-state index in [0.29, 0.717) is 19.3 Å². The van der Waals surface area contributed by atoms with Crippen LogP contribution in [0.4, 0.5) is 0 Å². The zero-order valence-corrected chi connectivity index (χ0v) is 26.5. The van der Waals surface area contributed by atoms with Gasteiger partial charge >= 0.3 is 19.8 Å². The van der Waals surface area contributed by atoms with E-state index in [0.717, 1.165) is 44.9 Å². The summed E-state index contributed by atoms with van der Waals surface area (Å²) < 4.78 is 26.0. The Balaban J connectivity index is 4.25. The van der Waals surface area contributed by atoms with Crippen molar-refractivity contribution < 1.29 is 37.9 Å². The molecule has 2 N–H and O–H groups in total. The Labute approximate surface area is 253 Å². The van der Waals surface area contributed by atoms with Crippen molar-refractivity contribution in [1.82, 2.24) is 0 Å². The first-order valence-corrected chi connectivity index (χ1v) is 16.8. The number of phosphoric acid groups is 1. The summed E-state index contributed by atoms with van der Waals surface area (Å²) in [7, 11) is -4.77. The zero-order chi connectivity index (χ0) is 31.2. The van der Waals surface area contributed by atoms with Crippen LogP contribution in [-0.4, -0.2) is 41.0 Å². The molecule has 0 amide bonds. The highest BCUT2D eigenvalue weighted by Crippen LogP contribution is 2.35. The highest BCUT2D eigenvalue weighted by molar-refractivity contribution is 7.46. The van der Waals surface area contributed by atoms with E-state index in [-0.39, 0.29) is 19.4 Å². The Morgan fingerprint density at radius 2 is 1.19 bits per heavy atom. The second kappa shape index (κ2) is 28.6. The van der Waals surface area contributed by atoms with Crippen LogP contribution in [0.25, 0.3) is 0 Å². The van der Waals surface area contributed by atoms with E-state index in [2.05, 4.69) is 36.6 Å². The summed E-state index contributed by atoms with van der Waals surface area (Å²) in [5.74, 6) is -0.996. The van der Waals surface area contributed by atoms with Crippen molar-refractivity contribution >= 4 is 19.8 Å². The molecule has 0 radical (unpaired) electrons. The van der Waals surface area contributed by atoms with Crippen LogP contribution in [0, 0.1) is 0 Å². The maximum absolute atomic E-state index is 12.2. The third kappa shape index (κ3) is 30.4. The number of carbonyl (C=O) groups excluding carboxylic acids is 2. The molecule has 42 heavy (non-hydrogen) atoms. The van der Waals surface area contributed by atoms with Crippen LogP contribution in [0.1, 0.15) is 104 Å². The third-order valence-electron chi connectivity index (χ3n) is 5.84. The highest BCUT2D eigenvalue weighted by Gasteiger charge is 2.22. The first kappa shape index (κ1) is 39.5. The lowest BCUT2D eigenvalue weighted by molar-refractivity contribution is -0.161. The summed E-state index contributed by atoms with van der Waals surface area (Å²) in [5, 5.41) is 0. The van der Waals surface area contributed by atoms with Gasteiger partial charge in [-0.2, -0.15) is 0 Å². The average molecular weight is 609 g/mol. The Kier molecular flexibility index (Phi) is 26.9. The molecule has 0 fully saturated rings. The molecule has 0 aliphatic carbocycles. The predicted molar refractivity (Wildman–Crippen MR) is 170 cm³/mol. The molecule has 0 aromatic rings. The number of unbranched alkanes of at least 4 members (excludes halogenated alkanes) is 8. The van der Waals surface area contributed by atoms with Crippen LogP contribution in [0.3, 0.4) is 0 Å². The van der Waals surface area contributed by atoms with Crippen molar-refractivity contribution in [2.45, 2.75) is 110 Å². The standard InChI is InChI=1S/C33H53O8P/c1-3-5-7-9-11-13-15-16-18-20-22-24-26-28-33(35)41-31(30-40-42(36,37)38)29-39-32(34)27-25-23-21-19-17-14-12-10-8-6-4-2/h5,7,9-13,15-16,18,20,22,31H,3-4,6,8,14,17,19,21,23-30H2,1-2H3,(H2,36,37,38)/b7-5+,11-9+,12-10+,15-13+,18-16+,22-20+. The first-order valence-electron chi connectivity index (χ1n) is 15.3. The summed E-state index contributed by atoms with van der Waals surface area (Å²) in [4.78, 5) is 42.3. The maximum Gasteiger partial charge on any atom is 0.469 e. The minimum absolute atomic E-state index is 0.110. The van der Waals surface area contributed by atoms with E-state index < -0.39 is 32.5 Å². The molecule has 0 aliphatic rings. The van der Waals surface area contributed by atoms with E-state index >= 15 is 0 Å². The van der Waals surface area contributed by atoms with Gasteiger partial charge in [-0.05, 0) is 44.9 Å². The molecular formula is C33H53O8P. The number of ether oxygens (including phenoxy) is 2. The van der Waals surface area contributed by atoms with Crippen molar-refractivity contribution in [3.63, 3.8) is 0 Å². The summed E-state index contributed by atoms with van der Waals surface area (Å²) in [5.41, 5.74) is 0. The predicted octanol–water partition coefficient (Wildman–Crippen LogP) is 8.39. The lowest BCUT2D eigenvalue weighted by Crippen LogP contribution is -2.29. The van der Waals surface area contributed by atoms with Gasteiger partial charge in [0, 0.05) is 12.8 Å². The van der Waals surface area contributed by atoms with Gasteiger partial charge in [0.1, 0.15) is 6.61 Å². The van der Waals surface area contributed by atoms with E-state index in [4.69, 9.17) is 19.3 Å². The Morgan fingerprint density at radius 1 is 0.643 bits per heavy atom. The average Bonchev–Trinajstić information content (AvgIpc) is 2.95. The monoisotopic (exact) mass is 608 g/mol. The van der Waals surface area contributed by atoms with E-state index in [1.54, 1.807) is 0 Å². The summed E-state index contributed by atoms with van der Waals surface area (Å²) >= 11 is 0. The molecular weight excluding hydrogens is 555 g/mol. The number of rotatable bonds is 26. The fraction of sp³-hybridized carbons (Fsp3) is 0.576. The van der Waals surface area contributed by atoms with Gasteiger partial charge in [-0.1, -0.05) is 119 Å². The molecule has 0 saturated carbocycles. The molecule has 0 heterocycles. The van der Waals surface area contributed by atoms with Crippen molar-refractivity contribution in [2.24, 2.45) is 0 Å². The Hall–Kier alpha value is -2.51. The summed E-state index contributed by atoms with van der Waals surface area (Å²) in [6.45, 7) is 3.38. The van der Waals surface area contributed by atoms with Crippen molar-refractivity contribution in [3.05, 3.63) is 72.9 Å². The quantitative estimate of drug-likeness (QED) is 0.0330. The van der Waals surface area contributed by atoms with Gasteiger partial charge in [-0.3, -0.25) is 14.1 Å². The van der Waals surface area contributed by atoms with Crippen LogP contribution in [0.15, 0.2) is 72.9 Å². The Morgan fingerprint density at radius 3 is 1.83 bits per heavy atom. The molecule has 0 spiro atoms. The first-order chi connectivity index (χ1) is 20.3. The number of hydrogen-bond donors (Lipinski definition) is 2. The topological polar surface area (TPSA) is 119 Å². The summed E-state index contributed by atoms with van der Waals surface area (Å²) in [6.07, 6.45) is 35.0. The highest BCUT2D eigenvalue weighted by atomic mass is 31.2. The number of esters is 2. The van der Waals surface area contributed by atoms with Gasteiger partial charge in [-0.25, -0.2) is 4.57 Å². The minimum atomic E-state index is -4.77. The van der Waals surface area contributed by atoms with Gasteiger partial charge in [0.05, 0.1) is 6.61 Å². The molecule has 1 atom stereocenters. The lowest BCUT2D eigenvalue weighted by Gasteiger charge is -2.18. The van der Waals surface area contributed by atoms with Crippen molar-refractivity contribution in [1.29, 1.82) is 0 Å². The van der Waals surface area contributed by atoms with Crippen LogP contribution in [-0.2, 0) is 28.2 Å². The van der Waals surface area contributed by atoms with Gasteiger partial charge in [0.25, 0.3) is 0 Å². The van der Waals surface area contributed by atoms with Gasteiger partial charge in [-0.15, -0.1) is 0 Å². The van der Waals surface area contributed by atoms with Gasteiger partial charge in [0.2, 0.25) is 0 Å². The molecule has 1 unspecified atom stereocenters. The van der Waals surface area contributed by atoms with Crippen molar-refractivity contribution in [2.75, 3.05) is 13.2 Å². The Bertz CT molecular complexity index is 911. The van der Waals surface area contributed by atoms with Crippen LogP contribution in [0.2, 0.25) is 0 Å². The SMILES string of the molecule is CC/C=C/C=C/C=C/C=C/C=C/CCCC(=O)OC(COC(=O)CCCCCCC/C=C/CCCC)COP(=O)(O)O. The second-order valence-electron chi connectivity index (χ2n) is 9.81. The molecule has 8 nitrogen and oxygen atoms in total. The van der Waals surface area contributed by atoms with Crippen molar-refractivity contribution in [3.8, 4) is 0 Å². The number of carbonyl (C=O) groups is 2. The smallest absolute Gasteiger partial charge is 0.462 e. The number of phosphoric ester groups is 1. The lowest BCUT2D eigenvalue weighted by atomic mass is 10.1. The van der Waals surface area contributed by atoms with E-state index in [1.165, 1.54) is 12.8 Å². The van der Waals surface area contributed by atoms with Crippen LogP contribution in [0.5, 0.6) is 0 Å². The second-order valence-corrected chi connectivity index (χ2v) is 11.1. The molecule has 0 saturated heterocycles. The van der Waals surface area contributed by atoms with Gasteiger partial charge in [0.15, 0.2) is 6.10 Å². The van der Waals surface area contributed by atoms with Crippen LogP contribution < -0.4 is 0 Å². The molecule has 238 valence electrons. The fourth-order valence-electron chi connectivity index (χ4n) is 3.56. The molecule has 0 rings (SSSR count). The molecule has 0 bridgehead atoms. The van der Waals surface area contributed by atoms with Gasteiger partial charge < -0.3 is 19.3 Å². The fourth-order valence-corrected chi connectivity index (χ4v) is 3.92. The molecule has 0 aromatic heterocycles. The number of hydrogen-bond acceptors (Lipinski definition) is 6. The molecule has 0 aromatic carbocycles. The summed E-state index contributed by atoms with van der Waals surface area (Å²) in [6, 6.07) is 0. The largest absolute Gasteiger partial charge is 0.469 e.